The SMILES string of the molecule is CCCC[C@@](C)(N)C(O)OS(=O)(=O)c1ccc(C)cc1. The number of aryl methyl sites for hydroxylation is 1. The van der Waals surface area contributed by atoms with Crippen LogP contribution in [0.3, 0.4) is 0 Å². The fourth-order valence-electron chi connectivity index (χ4n) is 1.67. The van der Waals surface area contributed by atoms with Crippen LogP contribution in [0.1, 0.15) is 38.7 Å². The second kappa shape index (κ2) is 6.67. The van der Waals surface area contributed by atoms with E-state index in [4.69, 9.17) is 9.92 Å². The molecule has 0 amide bonds. The summed E-state index contributed by atoms with van der Waals surface area (Å²) < 4.78 is 28.9. The molecule has 114 valence electrons. The van der Waals surface area contributed by atoms with Gasteiger partial charge < -0.3 is 10.8 Å². The predicted octanol–water partition coefficient (Wildman–Crippen LogP) is 1.93. The quantitative estimate of drug-likeness (QED) is 0.593. The molecule has 0 saturated heterocycles. The zero-order valence-corrected chi connectivity index (χ0v) is 13.0. The van der Waals surface area contributed by atoms with E-state index in [0.29, 0.717) is 6.42 Å². The Morgan fingerprint density at radius 3 is 2.40 bits per heavy atom. The van der Waals surface area contributed by atoms with Crippen LogP contribution in [0.2, 0.25) is 0 Å². The lowest BCUT2D eigenvalue weighted by molar-refractivity contribution is -0.0684. The summed E-state index contributed by atoms with van der Waals surface area (Å²) in [4.78, 5) is 0.00782. The number of aliphatic hydroxyl groups excluding tert-OH is 1. The Balaban J connectivity index is 2.82. The van der Waals surface area contributed by atoms with Gasteiger partial charge in [0.05, 0.1) is 10.4 Å². The van der Waals surface area contributed by atoms with Gasteiger partial charge in [0.1, 0.15) is 0 Å². The molecule has 0 aliphatic carbocycles. The molecule has 1 rings (SSSR count). The monoisotopic (exact) mass is 301 g/mol. The Bertz CT molecular complexity index is 523. The second-order valence-electron chi connectivity index (χ2n) is 5.33. The normalized spacial score (nSPS) is 16.6. The molecule has 0 aliphatic heterocycles. The number of rotatable bonds is 7. The highest BCUT2D eigenvalue weighted by atomic mass is 32.2. The Morgan fingerprint density at radius 1 is 1.35 bits per heavy atom. The molecular weight excluding hydrogens is 278 g/mol. The summed E-state index contributed by atoms with van der Waals surface area (Å²) in [6.07, 6.45) is 0.608. The predicted molar refractivity (Wildman–Crippen MR) is 77.6 cm³/mol. The van der Waals surface area contributed by atoms with Gasteiger partial charge in [-0.05, 0) is 32.4 Å². The van der Waals surface area contributed by atoms with Crippen LogP contribution < -0.4 is 5.73 Å². The van der Waals surface area contributed by atoms with Crippen LogP contribution in [0.25, 0.3) is 0 Å². The Labute approximate surface area is 120 Å². The van der Waals surface area contributed by atoms with Crippen LogP contribution in [-0.4, -0.2) is 25.4 Å². The van der Waals surface area contributed by atoms with Crippen LogP contribution in [0, 0.1) is 6.92 Å². The maximum Gasteiger partial charge on any atom is 0.299 e. The van der Waals surface area contributed by atoms with Crippen molar-refractivity contribution in [2.75, 3.05) is 0 Å². The highest BCUT2D eigenvalue weighted by Crippen LogP contribution is 2.21. The summed E-state index contributed by atoms with van der Waals surface area (Å²) in [5, 5.41) is 9.93. The number of unbranched alkanes of at least 4 members (excludes halogenated alkanes) is 1. The van der Waals surface area contributed by atoms with Gasteiger partial charge in [0.25, 0.3) is 10.1 Å². The fraction of sp³-hybridized carbons (Fsp3) is 0.571. The molecule has 0 aliphatic rings. The smallest absolute Gasteiger partial charge is 0.299 e. The van der Waals surface area contributed by atoms with E-state index in [1.54, 1.807) is 19.1 Å². The number of aliphatic hydroxyl groups is 1. The molecule has 5 nitrogen and oxygen atoms in total. The van der Waals surface area contributed by atoms with Gasteiger partial charge in [-0.15, -0.1) is 0 Å². The van der Waals surface area contributed by atoms with Crippen LogP contribution in [0.4, 0.5) is 0 Å². The van der Waals surface area contributed by atoms with Crippen molar-refractivity contribution < 1.29 is 17.7 Å². The lowest BCUT2D eigenvalue weighted by atomic mass is 9.96. The summed E-state index contributed by atoms with van der Waals surface area (Å²) in [5.74, 6) is 0. The molecule has 3 N–H and O–H groups in total. The minimum atomic E-state index is -4.01. The van der Waals surface area contributed by atoms with Crippen LogP contribution in [0.5, 0.6) is 0 Å². The molecule has 1 aromatic rings. The fourth-order valence-corrected chi connectivity index (χ4v) is 2.71. The van der Waals surface area contributed by atoms with Crippen molar-refractivity contribution in [3.63, 3.8) is 0 Å². The minimum absolute atomic E-state index is 0.00782. The molecular formula is C14H23NO4S. The van der Waals surface area contributed by atoms with Crippen molar-refractivity contribution in [3.8, 4) is 0 Å². The molecule has 20 heavy (non-hydrogen) atoms. The van der Waals surface area contributed by atoms with Crippen LogP contribution in [-0.2, 0) is 14.3 Å². The first kappa shape index (κ1) is 17.1. The van der Waals surface area contributed by atoms with Crippen LogP contribution >= 0.6 is 0 Å². The average Bonchev–Trinajstić information content (AvgIpc) is 2.36. The van der Waals surface area contributed by atoms with Crippen molar-refractivity contribution >= 4 is 10.1 Å². The minimum Gasteiger partial charge on any atom is -0.366 e. The second-order valence-corrected chi connectivity index (χ2v) is 6.90. The Morgan fingerprint density at radius 2 is 1.90 bits per heavy atom. The van der Waals surface area contributed by atoms with Gasteiger partial charge in [0.15, 0.2) is 6.29 Å². The van der Waals surface area contributed by atoms with E-state index in [9.17, 15) is 13.5 Å². The third-order valence-electron chi connectivity index (χ3n) is 3.16. The first-order valence-electron chi connectivity index (χ1n) is 6.66. The molecule has 0 saturated carbocycles. The number of hydrogen-bond donors (Lipinski definition) is 2. The van der Waals surface area contributed by atoms with E-state index in [1.165, 1.54) is 12.1 Å². The van der Waals surface area contributed by atoms with Gasteiger partial charge in [-0.1, -0.05) is 37.5 Å². The van der Waals surface area contributed by atoms with E-state index >= 15 is 0 Å². The summed E-state index contributed by atoms with van der Waals surface area (Å²) in [6, 6.07) is 6.22. The Hall–Kier alpha value is -0.950. The van der Waals surface area contributed by atoms with Crippen molar-refractivity contribution in [1.82, 2.24) is 0 Å². The molecule has 0 radical (unpaired) electrons. The van der Waals surface area contributed by atoms with Gasteiger partial charge in [-0.3, -0.25) is 0 Å². The van der Waals surface area contributed by atoms with Crippen molar-refractivity contribution in [2.45, 2.75) is 56.8 Å². The maximum atomic E-state index is 12.0. The molecule has 0 fully saturated rings. The highest BCUT2D eigenvalue weighted by Gasteiger charge is 2.33. The third kappa shape index (κ3) is 4.56. The van der Waals surface area contributed by atoms with Gasteiger partial charge in [0, 0.05) is 0 Å². The molecule has 1 aromatic carbocycles. The number of benzene rings is 1. The third-order valence-corrected chi connectivity index (χ3v) is 4.45. The molecule has 1 unspecified atom stereocenters. The standard InChI is InChI=1S/C14H23NO4S/c1-4-5-10-14(3,15)13(16)19-20(17,18)12-8-6-11(2)7-9-12/h6-9,13,16H,4-5,10,15H2,1-3H3/t13?,14-/m1/s1. The molecule has 0 spiro atoms. The first-order valence-corrected chi connectivity index (χ1v) is 8.07. The maximum absolute atomic E-state index is 12.0. The average molecular weight is 301 g/mol. The number of nitrogens with two attached hydrogens (primary N) is 1. The topological polar surface area (TPSA) is 89.6 Å². The number of hydrogen-bond acceptors (Lipinski definition) is 5. The van der Waals surface area contributed by atoms with E-state index in [1.807, 2.05) is 13.8 Å². The zero-order valence-electron chi connectivity index (χ0n) is 12.2. The summed E-state index contributed by atoms with van der Waals surface area (Å²) in [6.45, 7) is 5.43. The lowest BCUT2D eigenvalue weighted by Crippen LogP contribution is -2.50. The summed E-state index contributed by atoms with van der Waals surface area (Å²) >= 11 is 0. The van der Waals surface area contributed by atoms with Crippen molar-refractivity contribution in [1.29, 1.82) is 0 Å². The first-order chi connectivity index (χ1) is 9.19. The van der Waals surface area contributed by atoms with E-state index in [2.05, 4.69) is 0 Å². The molecule has 0 aromatic heterocycles. The van der Waals surface area contributed by atoms with E-state index in [0.717, 1.165) is 18.4 Å². The van der Waals surface area contributed by atoms with Gasteiger partial charge in [-0.2, -0.15) is 8.42 Å². The van der Waals surface area contributed by atoms with E-state index in [-0.39, 0.29) is 4.90 Å². The molecule has 6 heteroatoms. The van der Waals surface area contributed by atoms with Crippen LogP contribution in [0.15, 0.2) is 29.2 Å². The zero-order chi connectivity index (χ0) is 15.4. The largest absolute Gasteiger partial charge is 0.366 e. The van der Waals surface area contributed by atoms with E-state index < -0.39 is 21.9 Å². The summed E-state index contributed by atoms with van der Waals surface area (Å²) in [7, 11) is -4.01. The molecule has 0 heterocycles. The van der Waals surface area contributed by atoms with Gasteiger partial charge in [-0.25, -0.2) is 4.18 Å². The highest BCUT2D eigenvalue weighted by molar-refractivity contribution is 7.86. The van der Waals surface area contributed by atoms with Crippen molar-refractivity contribution in [3.05, 3.63) is 29.8 Å². The van der Waals surface area contributed by atoms with Gasteiger partial charge >= 0.3 is 0 Å². The van der Waals surface area contributed by atoms with Crippen molar-refractivity contribution in [2.24, 2.45) is 5.73 Å². The summed E-state index contributed by atoms with van der Waals surface area (Å²) in [5.41, 5.74) is 5.75. The Kier molecular flexibility index (Phi) is 5.70. The van der Waals surface area contributed by atoms with Gasteiger partial charge in [0.2, 0.25) is 0 Å². The lowest BCUT2D eigenvalue weighted by Gasteiger charge is -2.29. The molecule has 0 bridgehead atoms. The molecule has 2 atom stereocenters.